The van der Waals surface area contributed by atoms with Crippen LogP contribution in [0.25, 0.3) is 6.08 Å². The highest BCUT2D eigenvalue weighted by Crippen LogP contribution is 2.44. The number of hydrogen-bond donors (Lipinski definition) is 0. The van der Waals surface area contributed by atoms with Crippen LogP contribution in [0.15, 0.2) is 34.8 Å². The first-order valence-corrected chi connectivity index (χ1v) is 31.1. The summed E-state index contributed by atoms with van der Waals surface area (Å²) in [5, 5.41) is 3.09. The molecule has 0 N–H and O–H groups in total. The lowest BCUT2D eigenvalue weighted by Gasteiger charge is -2.46. The molecule has 0 bridgehead atoms. The quantitative estimate of drug-likeness (QED) is 0.0698. The molecule has 0 aliphatic rings. The van der Waals surface area contributed by atoms with Gasteiger partial charge in [0.25, 0.3) is 0 Å². The topological polar surface area (TPSA) is 74.7 Å². The molecule has 0 radical (unpaired) electrons. The van der Waals surface area contributed by atoms with Crippen LogP contribution < -0.4 is 0 Å². The number of carbonyl (C=O) groups excluding carboxylic acids is 2. The second-order valence-electron chi connectivity index (χ2n) is 21.2. The van der Waals surface area contributed by atoms with E-state index in [1.54, 1.807) is 11.3 Å². The lowest BCUT2D eigenvalue weighted by molar-refractivity contribution is -0.150. The van der Waals surface area contributed by atoms with Crippen molar-refractivity contribution in [2.75, 3.05) is 6.61 Å². The van der Waals surface area contributed by atoms with Crippen molar-refractivity contribution in [2.24, 2.45) is 23.2 Å². The number of thiazole rings is 1. The van der Waals surface area contributed by atoms with Crippen molar-refractivity contribution < 1.29 is 23.2 Å². The summed E-state index contributed by atoms with van der Waals surface area (Å²) in [4.78, 5) is 32.9. The summed E-state index contributed by atoms with van der Waals surface area (Å²) in [5.74, 6) is -0.232. The van der Waals surface area contributed by atoms with Gasteiger partial charge in [-0.15, -0.1) is 11.3 Å². The maximum atomic E-state index is 14.9. The molecule has 0 amide bonds. The van der Waals surface area contributed by atoms with E-state index in [0.29, 0.717) is 12.5 Å². The van der Waals surface area contributed by atoms with Gasteiger partial charge in [0, 0.05) is 24.8 Å². The predicted molar refractivity (Wildman–Crippen MR) is 247 cm³/mol. The van der Waals surface area contributed by atoms with Crippen LogP contribution >= 0.6 is 11.3 Å². The van der Waals surface area contributed by atoms with Crippen molar-refractivity contribution in [2.45, 2.75) is 190 Å². The largest absolute Gasteiger partial charge is 0.466 e. The molecule has 0 aromatic carbocycles. The Labute approximate surface area is 346 Å². The molecule has 1 heterocycles. The molecule has 316 valence electrons. The average molecular weight is 834 g/mol. The van der Waals surface area contributed by atoms with Gasteiger partial charge in [0.05, 0.1) is 35.9 Å². The Bertz CT molecular complexity index is 1490. The van der Waals surface area contributed by atoms with Crippen molar-refractivity contribution in [3.63, 3.8) is 0 Å². The van der Waals surface area contributed by atoms with Crippen LogP contribution in [0, 0.1) is 30.1 Å². The monoisotopic (exact) mass is 834 g/mol. The van der Waals surface area contributed by atoms with E-state index in [9.17, 15) is 9.59 Å². The fourth-order valence-electron chi connectivity index (χ4n) is 5.78. The fourth-order valence-corrected chi connectivity index (χ4v) is 9.96. The van der Waals surface area contributed by atoms with Crippen LogP contribution in [0.3, 0.4) is 0 Å². The van der Waals surface area contributed by atoms with E-state index in [1.807, 2.05) is 27.7 Å². The van der Waals surface area contributed by atoms with Gasteiger partial charge in [-0.3, -0.25) is 9.59 Å². The van der Waals surface area contributed by atoms with Crippen LogP contribution in [-0.2, 0) is 23.2 Å². The summed E-state index contributed by atoms with van der Waals surface area (Å²) in [6, 6.07) is 0.906. The van der Waals surface area contributed by atoms with Gasteiger partial charge >= 0.3 is 5.97 Å². The zero-order valence-electron chi connectivity index (χ0n) is 39.2. The second kappa shape index (κ2) is 20.5. The Kier molecular flexibility index (Phi) is 19.2. The molecular formula is C45H83NO5SSi3. The summed E-state index contributed by atoms with van der Waals surface area (Å²) in [6.45, 7) is 46.3. The highest BCUT2D eigenvalue weighted by Gasteiger charge is 2.50. The van der Waals surface area contributed by atoms with Crippen molar-refractivity contribution in [1.82, 2.24) is 4.98 Å². The Hall–Kier alpha value is -1.44. The van der Waals surface area contributed by atoms with Gasteiger partial charge in [0.15, 0.2) is 16.6 Å². The molecule has 0 saturated heterocycles. The number of hydrogen-bond acceptors (Lipinski definition) is 7. The van der Waals surface area contributed by atoms with E-state index in [2.05, 4.69) is 150 Å². The van der Waals surface area contributed by atoms with E-state index >= 15 is 0 Å². The number of carbonyl (C=O) groups is 2. The lowest BCUT2D eigenvalue weighted by Crippen LogP contribution is -2.54. The minimum Gasteiger partial charge on any atom is -0.466 e. The first-order valence-electron chi connectivity index (χ1n) is 20.7. The summed E-state index contributed by atoms with van der Waals surface area (Å²) in [7, 11) is -6.01. The van der Waals surface area contributed by atoms with Crippen molar-refractivity contribution in [3.05, 3.63) is 45.5 Å². The van der Waals surface area contributed by atoms with Crippen molar-refractivity contribution >= 4 is 53.9 Å². The Morgan fingerprint density at radius 1 is 0.873 bits per heavy atom. The van der Waals surface area contributed by atoms with Gasteiger partial charge in [0.1, 0.15) is 5.78 Å². The van der Waals surface area contributed by atoms with Gasteiger partial charge in [-0.25, -0.2) is 4.98 Å². The van der Waals surface area contributed by atoms with Gasteiger partial charge in [-0.2, -0.15) is 0 Å². The molecular weight excluding hydrogens is 751 g/mol. The molecule has 0 fully saturated rings. The maximum Gasteiger partial charge on any atom is 0.308 e. The minimum atomic E-state index is -2.36. The van der Waals surface area contributed by atoms with Crippen LogP contribution in [0.1, 0.15) is 120 Å². The smallest absolute Gasteiger partial charge is 0.308 e. The van der Waals surface area contributed by atoms with Crippen molar-refractivity contribution in [3.8, 4) is 0 Å². The van der Waals surface area contributed by atoms with Crippen molar-refractivity contribution in [1.29, 1.82) is 0 Å². The normalized spacial score (nSPS) is 17.3. The van der Waals surface area contributed by atoms with Crippen LogP contribution in [0.5, 0.6) is 0 Å². The number of nitrogens with zero attached hydrogens (tertiary/aromatic N) is 1. The molecule has 55 heavy (non-hydrogen) atoms. The molecule has 0 aliphatic heterocycles. The Morgan fingerprint density at radius 2 is 1.42 bits per heavy atom. The van der Waals surface area contributed by atoms with E-state index in [0.717, 1.165) is 29.6 Å². The summed E-state index contributed by atoms with van der Waals surface area (Å²) in [5.41, 5.74) is 2.75. The molecule has 0 unspecified atom stereocenters. The number of ketones is 1. The van der Waals surface area contributed by atoms with E-state index in [4.69, 9.17) is 13.6 Å². The standard InChI is InChI=1S/C45H83NO5SSi3/c1-32(25-26-33(2)35(4)29-38-31-52-37(6)46-38)23-22-24-34(3)41(51-55(20,21)44(10,11)12)36(5)42(48)45(13,14)39(50-54(18,19)43(7,8)9)30-40(47)49-27-28-53(15,16)17/h22,24-25,29,31,33-34,36,39,41H,23,26-28,30H2,1-21H3/b24-22+,32-25-,35-29+/t33-,34-,36+,39-,41-/m0/s1. The second-order valence-corrected chi connectivity index (χ2v) is 37.4. The molecule has 1 aromatic rings. The third kappa shape index (κ3) is 16.8. The van der Waals surface area contributed by atoms with Gasteiger partial charge in [-0.05, 0) is 93.8 Å². The Balaban J connectivity index is 3.39. The molecule has 1 aromatic heterocycles. The van der Waals surface area contributed by atoms with E-state index < -0.39 is 42.1 Å². The number of esters is 1. The van der Waals surface area contributed by atoms with Crippen LogP contribution in [0.2, 0.25) is 61.9 Å². The average Bonchev–Trinajstić information content (AvgIpc) is 3.43. The number of ether oxygens (including phenoxy) is 1. The molecule has 6 nitrogen and oxygen atoms in total. The zero-order valence-corrected chi connectivity index (χ0v) is 43.0. The first kappa shape index (κ1) is 51.6. The highest BCUT2D eigenvalue weighted by atomic mass is 32.1. The third-order valence-electron chi connectivity index (χ3n) is 12.3. The molecule has 10 heteroatoms. The summed E-state index contributed by atoms with van der Waals surface area (Å²) < 4.78 is 20.0. The van der Waals surface area contributed by atoms with E-state index in [1.165, 1.54) is 11.1 Å². The van der Waals surface area contributed by atoms with Gasteiger partial charge < -0.3 is 13.6 Å². The maximum absolute atomic E-state index is 14.9. The summed E-state index contributed by atoms with van der Waals surface area (Å²) in [6.07, 6.45) is 9.96. The number of aromatic nitrogens is 1. The van der Waals surface area contributed by atoms with Gasteiger partial charge in [-0.1, -0.05) is 125 Å². The molecule has 1 rings (SSSR count). The molecule has 5 atom stereocenters. The molecule has 0 spiro atoms. The first-order chi connectivity index (χ1) is 24.7. The SMILES string of the molecule is C/C(=C/C[C@H](C)/C(C)=C/c1csc(C)n1)C/C=C/[C@H](C)[C@H](O[Si](C)(C)C(C)(C)C)[C@@H](C)C(=O)C(C)(C)[C@H](CC(=O)OCC[Si](C)(C)C)O[Si](C)(C)C(C)(C)C. The minimum absolute atomic E-state index is 0.00589. The predicted octanol–water partition coefficient (Wildman–Crippen LogP) is 13.7. The highest BCUT2D eigenvalue weighted by molar-refractivity contribution is 7.09. The number of aryl methyl sites for hydroxylation is 1. The molecule has 0 saturated carbocycles. The third-order valence-corrected chi connectivity index (χ3v) is 23.8. The zero-order chi connectivity index (χ0) is 43.0. The fraction of sp³-hybridized carbons (Fsp3) is 0.756. The van der Waals surface area contributed by atoms with Crippen LogP contribution in [-0.4, -0.2) is 60.3 Å². The Morgan fingerprint density at radius 3 is 1.91 bits per heavy atom. The molecule has 0 aliphatic carbocycles. The van der Waals surface area contributed by atoms with Crippen LogP contribution in [0.4, 0.5) is 0 Å². The summed E-state index contributed by atoms with van der Waals surface area (Å²) >= 11 is 1.69. The number of rotatable bonds is 21. The number of allylic oxidation sites excluding steroid dienone is 4. The number of Topliss-reactive ketones (excluding diaryl/α,β-unsaturated/α-hetero) is 1. The van der Waals surface area contributed by atoms with Gasteiger partial charge in [0.2, 0.25) is 0 Å². The van der Waals surface area contributed by atoms with E-state index in [-0.39, 0.29) is 40.3 Å². The lowest BCUT2D eigenvalue weighted by atomic mass is 9.73.